The van der Waals surface area contributed by atoms with E-state index in [4.69, 9.17) is 10.5 Å². The van der Waals surface area contributed by atoms with Gasteiger partial charge in [0.2, 0.25) is 0 Å². The molecule has 0 fully saturated rings. The van der Waals surface area contributed by atoms with Gasteiger partial charge in [0.05, 0.1) is 5.76 Å². The monoisotopic (exact) mass is 295 g/mol. The van der Waals surface area contributed by atoms with Crippen molar-refractivity contribution in [3.8, 4) is 0 Å². The van der Waals surface area contributed by atoms with Gasteiger partial charge in [-0.05, 0) is 44.1 Å². The summed E-state index contributed by atoms with van der Waals surface area (Å²) in [4.78, 5) is 0. The summed E-state index contributed by atoms with van der Waals surface area (Å²) in [5, 5.41) is 0. The van der Waals surface area contributed by atoms with Gasteiger partial charge in [-0.25, -0.2) is 4.39 Å². The fourth-order valence-corrected chi connectivity index (χ4v) is 1.26. The Balaban J connectivity index is 0. The molecule has 0 heterocycles. The number of hydrogen-bond acceptors (Lipinski definition) is 2. The Kier molecular flexibility index (Phi) is 15.3. The van der Waals surface area contributed by atoms with Gasteiger partial charge in [0.1, 0.15) is 12.4 Å². The summed E-state index contributed by atoms with van der Waals surface area (Å²) < 4.78 is 18.6. The van der Waals surface area contributed by atoms with E-state index in [1.807, 2.05) is 45.9 Å². The lowest BCUT2D eigenvalue weighted by molar-refractivity contribution is 0.244. The molecule has 0 aromatic carbocycles. The van der Waals surface area contributed by atoms with Crippen molar-refractivity contribution in [2.24, 2.45) is 5.73 Å². The molecule has 0 aromatic rings. The quantitative estimate of drug-likeness (QED) is 0.492. The molecule has 0 atom stereocenters. The molecule has 3 heteroatoms. The van der Waals surface area contributed by atoms with Crippen LogP contribution in [0.15, 0.2) is 59.7 Å². The number of nitrogens with two attached hydrogens (primary N) is 1. The van der Waals surface area contributed by atoms with Crippen LogP contribution in [0.2, 0.25) is 0 Å². The average molecular weight is 295 g/mol. The molecule has 0 saturated carbocycles. The van der Waals surface area contributed by atoms with Gasteiger partial charge in [-0.3, -0.25) is 0 Å². The van der Waals surface area contributed by atoms with Gasteiger partial charge < -0.3 is 10.5 Å². The predicted octanol–water partition coefficient (Wildman–Crippen LogP) is 5.21. The lowest BCUT2D eigenvalue weighted by atomic mass is 10.2. The first-order valence-electron chi connectivity index (χ1n) is 7.41. The maximum Gasteiger partial charge on any atom is 0.123 e. The molecule has 0 bridgehead atoms. The molecule has 0 amide bonds. The maximum atomic E-state index is 13.0. The normalized spacial score (nSPS) is 13.5. The van der Waals surface area contributed by atoms with Gasteiger partial charge in [-0.2, -0.15) is 0 Å². The Morgan fingerprint density at radius 3 is 2.33 bits per heavy atom. The molecular formula is C18H30FNO. The molecule has 0 spiro atoms. The molecule has 120 valence electrons. The summed E-state index contributed by atoms with van der Waals surface area (Å²) in [6, 6.07) is 0. The first-order valence-corrected chi connectivity index (χ1v) is 7.41. The lowest BCUT2D eigenvalue weighted by Gasteiger charge is -2.07. The van der Waals surface area contributed by atoms with Gasteiger partial charge in [0, 0.05) is 6.54 Å². The Bertz CT molecular complexity index is 397. The fourth-order valence-electron chi connectivity index (χ4n) is 1.26. The average Bonchev–Trinajstić information content (AvgIpc) is 2.53. The van der Waals surface area contributed by atoms with Crippen molar-refractivity contribution in [1.29, 1.82) is 0 Å². The summed E-state index contributed by atoms with van der Waals surface area (Å²) in [5.74, 6) is 0.404. The van der Waals surface area contributed by atoms with Gasteiger partial charge in [-0.15, -0.1) is 0 Å². The third kappa shape index (κ3) is 11.9. The Morgan fingerprint density at radius 1 is 1.29 bits per heavy atom. The molecule has 0 aromatic heterocycles. The van der Waals surface area contributed by atoms with E-state index < -0.39 is 0 Å². The van der Waals surface area contributed by atoms with E-state index in [0.717, 1.165) is 23.3 Å². The van der Waals surface area contributed by atoms with Crippen molar-refractivity contribution in [3.05, 3.63) is 59.7 Å². The summed E-state index contributed by atoms with van der Waals surface area (Å²) in [5.41, 5.74) is 7.50. The molecule has 0 aliphatic carbocycles. The zero-order valence-electron chi connectivity index (χ0n) is 14.1. The van der Waals surface area contributed by atoms with E-state index in [0.29, 0.717) is 13.2 Å². The Hall–Kier alpha value is -1.61. The second-order valence-corrected chi connectivity index (χ2v) is 4.05. The first-order chi connectivity index (χ1) is 10.1. The van der Waals surface area contributed by atoms with Crippen LogP contribution in [0.25, 0.3) is 0 Å². The predicted molar refractivity (Wildman–Crippen MR) is 91.6 cm³/mol. The molecule has 0 unspecified atom stereocenters. The van der Waals surface area contributed by atoms with E-state index in [9.17, 15) is 4.39 Å². The number of hydrogen-bond donors (Lipinski definition) is 1. The van der Waals surface area contributed by atoms with Crippen molar-refractivity contribution in [3.63, 3.8) is 0 Å². The van der Waals surface area contributed by atoms with E-state index in [1.54, 1.807) is 0 Å². The second-order valence-electron chi connectivity index (χ2n) is 4.05. The van der Waals surface area contributed by atoms with Crippen molar-refractivity contribution >= 4 is 0 Å². The van der Waals surface area contributed by atoms with Crippen LogP contribution in [0.4, 0.5) is 4.39 Å². The standard InChI is InChI=1S/C16H24FNO.C2H6/c1-5-14(11-18)9-8-13(4)19-12-15(6-2)10-16(17)7-3;1-2/h6-10H,3,5,11-12,18H2,1-2,4H3;1-2H3/b13-8+,14-9+,15-6+,16-10+;. The van der Waals surface area contributed by atoms with Crippen molar-refractivity contribution in [1.82, 2.24) is 0 Å². The maximum absolute atomic E-state index is 13.0. The highest BCUT2D eigenvalue weighted by atomic mass is 19.1. The highest BCUT2D eigenvalue weighted by molar-refractivity contribution is 5.25. The lowest BCUT2D eigenvalue weighted by Crippen LogP contribution is -2.01. The van der Waals surface area contributed by atoms with Gasteiger partial charge in [0.25, 0.3) is 0 Å². The number of ether oxygens (including phenoxy) is 1. The SMILES string of the molecule is C=C/C(F)=C\C(=C/C)CO/C(C)=C/C=C(\CC)CN.CC. The van der Waals surface area contributed by atoms with Crippen LogP contribution in [0.3, 0.4) is 0 Å². The zero-order valence-corrected chi connectivity index (χ0v) is 14.1. The third-order valence-corrected chi connectivity index (χ3v) is 2.63. The largest absolute Gasteiger partial charge is 0.494 e. The van der Waals surface area contributed by atoms with E-state index in [1.165, 1.54) is 12.2 Å². The van der Waals surface area contributed by atoms with Crippen LogP contribution in [0, 0.1) is 0 Å². The second kappa shape index (κ2) is 14.8. The molecule has 0 saturated heterocycles. The topological polar surface area (TPSA) is 35.2 Å². The van der Waals surface area contributed by atoms with Crippen LogP contribution in [0.1, 0.15) is 41.0 Å². The Morgan fingerprint density at radius 2 is 1.90 bits per heavy atom. The van der Waals surface area contributed by atoms with E-state index >= 15 is 0 Å². The number of rotatable bonds is 8. The van der Waals surface area contributed by atoms with Crippen LogP contribution in [-0.4, -0.2) is 13.2 Å². The van der Waals surface area contributed by atoms with E-state index in [2.05, 4.69) is 13.5 Å². The summed E-state index contributed by atoms with van der Waals surface area (Å²) in [6.07, 6.45) is 9.16. The summed E-state index contributed by atoms with van der Waals surface area (Å²) in [7, 11) is 0. The van der Waals surface area contributed by atoms with Gasteiger partial charge in [-0.1, -0.05) is 45.1 Å². The van der Waals surface area contributed by atoms with Crippen LogP contribution in [-0.2, 0) is 4.74 Å². The molecule has 0 aliphatic heterocycles. The molecule has 0 radical (unpaired) electrons. The fraction of sp³-hybridized carbons (Fsp3) is 0.444. The Labute approximate surface area is 129 Å². The first kappa shape index (κ1) is 21.7. The highest BCUT2D eigenvalue weighted by Crippen LogP contribution is 2.09. The summed E-state index contributed by atoms with van der Waals surface area (Å²) >= 11 is 0. The van der Waals surface area contributed by atoms with Gasteiger partial charge >= 0.3 is 0 Å². The van der Waals surface area contributed by atoms with E-state index in [-0.39, 0.29) is 5.83 Å². The van der Waals surface area contributed by atoms with Crippen molar-refractivity contribution in [2.75, 3.05) is 13.2 Å². The van der Waals surface area contributed by atoms with Crippen molar-refractivity contribution < 1.29 is 9.13 Å². The molecular weight excluding hydrogens is 265 g/mol. The summed E-state index contributed by atoms with van der Waals surface area (Å²) in [6.45, 7) is 14.0. The molecule has 0 aliphatic rings. The van der Waals surface area contributed by atoms with Crippen LogP contribution >= 0.6 is 0 Å². The third-order valence-electron chi connectivity index (χ3n) is 2.63. The molecule has 2 nitrogen and oxygen atoms in total. The minimum Gasteiger partial charge on any atom is -0.494 e. The molecule has 2 N–H and O–H groups in total. The minimum atomic E-state index is -0.366. The zero-order chi connectivity index (χ0) is 16.7. The van der Waals surface area contributed by atoms with Crippen molar-refractivity contribution in [2.45, 2.75) is 41.0 Å². The highest BCUT2D eigenvalue weighted by Gasteiger charge is 1.97. The number of allylic oxidation sites excluding steroid dienone is 6. The van der Waals surface area contributed by atoms with Crippen LogP contribution in [0.5, 0.6) is 0 Å². The molecule has 21 heavy (non-hydrogen) atoms. The molecule has 0 rings (SSSR count). The van der Waals surface area contributed by atoms with Crippen LogP contribution < -0.4 is 5.73 Å². The van der Waals surface area contributed by atoms with Gasteiger partial charge in [0.15, 0.2) is 0 Å². The smallest absolute Gasteiger partial charge is 0.123 e. The minimum absolute atomic E-state index is 0.331. The number of halogens is 1.